The summed E-state index contributed by atoms with van der Waals surface area (Å²) in [5, 5.41) is 12.2. The van der Waals surface area contributed by atoms with Crippen LogP contribution in [0.25, 0.3) is 0 Å². The van der Waals surface area contributed by atoms with E-state index in [0.717, 1.165) is 31.6 Å². The third-order valence-corrected chi connectivity index (χ3v) is 4.74. The summed E-state index contributed by atoms with van der Waals surface area (Å²) >= 11 is 7.46. The fourth-order valence-corrected chi connectivity index (χ4v) is 3.58. The summed E-state index contributed by atoms with van der Waals surface area (Å²) in [7, 11) is 0. The second-order valence-electron chi connectivity index (χ2n) is 4.94. The van der Waals surface area contributed by atoms with Crippen LogP contribution in [0.2, 0.25) is 0 Å². The molecule has 0 amide bonds. The number of alkyl halides is 1. The first kappa shape index (κ1) is 14.3. The number of rotatable bonds is 7. The standard InChI is InChI=1S/C13H21ClN2OS/c14-8-12-10-18-13(15-12)2-1-5-16-6-3-11(9-16)4-7-17/h10-11,17H,1-9H2. The monoisotopic (exact) mass is 288 g/mol. The van der Waals surface area contributed by atoms with E-state index in [1.807, 2.05) is 0 Å². The Hall–Kier alpha value is -0.160. The van der Waals surface area contributed by atoms with Crippen LogP contribution in [0, 0.1) is 5.92 Å². The molecule has 0 radical (unpaired) electrons. The Kier molecular flexibility index (Phi) is 5.89. The van der Waals surface area contributed by atoms with Crippen molar-refractivity contribution in [2.45, 2.75) is 31.6 Å². The van der Waals surface area contributed by atoms with Gasteiger partial charge in [0.1, 0.15) is 0 Å². The molecule has 1 fully saturated rings. The molecule has 1 N–H and O–H groups in total. The van der Waals surface area contributed by atoms with E-state index in [1.54, 1.807) is 11.3 Å². The number of hydrogen-bond acceptors (Lipinski definition) is 4. The number of hydrogen-bond donors (Lipinski definition) is 1. The van der Waals surface area contributed by atoms with Crippen molar-refractivity contribution in [3.05, 3.63) is 16.1 Å². The van der Waals surface area contributed by atoms with E-state index in [2.05, 4.69) is 15.3 Å². The maximum Gasteiger partial charge on any atom is 0.0929 e. The maximum atomic E-state index is 8.93. The molecule has 1 aliphatic heterocycles. The van der Waals surface area contributed by atoms with E-state index in [0.29, 0.717) is 18.4 Å². The van der Waals surface area contributed by atoms with Crippen LogP contribution < -0.4 is 0 Å². The first-order chi connectivity index (χ1) is 8.81. The Morgan fingerprint density at radius 1 is 1.56 bits per heavy atom. The van der Waals surface area contributed by atoms with Crippen LogP contribution in [0.15, 0.2) is 5.38 Å². The van der Waals surface area contributed by atoms with Crippen LogP contribution in [-0.2, 0) is 12.3 Å². The molecular weight excluding hydrogens is 268 g/mol. The molecule has 1 aromatic heterocycles. The van der Waals surface area contributed by atoms with E-state index in [-0.39, 0.29) is 0 Å². The molecule has 1 saturated heterocycles. The zero-order valence-electron chi connectivity index (χ0n) is 10.6. The van der Waals surface area contributed by atoms with Gasteiger partial charge in [0.15, 0.2) is 0 Å². The molecule has 0 aliphatic carbocycles. The summed E-state index contributed by atoms with van der Waals surface area (Å²) in [4.78, 5) is 6.98. The van der Waals surface area contributed by atoms with Gasteiger partial charge in [0.25, 0.3) is 0 Å². The minimum absolute atomic E-state index is 0.332. The van der Waals surface area contributed by atoms with Crippen molar-refractivity contribution < 1.29 is 5.11 Å². The predicted molar refractivity (Wildman–Crippen MR) is 76.2 cm³/mol. The molecule has 2 heterocycles. The maximum absolute atomic E-state index is 8.93. The van der Waals surface area contributed by atoms with Crippen molar-refractivity contribution in [3.63, 3.8) is 0 Å². The molecule has 0 saturated carbocycles. The van der Waals surface area contributed by atoms with E-state index in [1.165, 1.54) is 24.4 Å². The first-order valence-electron chi connectivity index (χ1n) is 6.64. The van der Waals surface area contributed by atoms with Crippen molar-refractivity contribution in [1.82, 2.24) is 9.88 Å². The molecule has 0 bridgehead atoms. The lowest BCUT2D eigenvalue weighted by Gasteiger charge is -2.15. The van der Waals surface area contributed by atoms with Gasteiger partial charge in [-0.3, -0.25) is 0 Å². The van der Waals surface area contributed by atoms with Crippen molar-refractivity contribution in [2.24, 2.45) is 5.92 Å². The lowest BCUT2D eigenvalue weighted by atomic mass is 10.1. The fourth-order valence-electron chi connectivity index (χ4n) is 2.51. The third kappa shape index (κ3) is 4.19. The zero-order valence-corrected chi connectivity index (χ0v) is 12.2. The molecule has 1 aliphatic rings. The smallest absolute Gasteiger partial charge is 0.0929 e. The number of halogens is 1. The topological polar surface area (TPSA) is 36.4 Å². The highest BCUT2D eigenvalue weighted by Crippen LogP contribution is 2.20. The van der Waals surface area contributed by atoms with Gasteiger partial charge in [-0.25, -0.2) is 4.98 Å². The number of nitrogens with zero attached hydrogens (tertiary/aromatic N) is 2. The normalized spacial score (nSPS) is 20.7. The fraction of sp³-hybridized carbons (Fsp3) is 0.769. The Morgan fingerprint density at radius 3 is 3.17 bits per heavy atom. The van der Waals surface area contributed by atoms with Crippen LogP contribution in [-0.4, -0.2) is 41.2 Å². The number of aryl methyl sites for hydroxylation is 1. The molecule has 102 valence electrons. The van der Waals surface area contributed by atoms with Gasteiger partial charge in [-0.15, -0.1) is 22.9 Å². The molecule has 2 rings (SSSR count). The molecule has 3 nitrogen and oxygen atoms in total. The van der Waals surface area contributed by atoms with Gasteiger partial charge in [0.05, 0.1) is 16.6 Å². The molecule has 1 aromatic rings. The van der Waals surface area contributed by atoms with Crippen molar-refractivity contribution in [3.8, 4) is 0 Å². The van der Waals surface area contributed by atoms with Gasteiger partial charge >= 0.3 is 0 Å². The quantitative estimate of drug-likeness (QED) is 0.783. The minimum Gasteiger partial charge on any atom is -0.396 e. The highest BCUT2D eigenvalue weighted by molar-refractivity contribution is 7.09. The number of aliphatic hydroxyl groups is 1. The highest BCUT2D eigenvalue weighted by Gasteiger charge is 2.21. The van der Waals surface area contributed by atoms with Gasteiger partial charge in [-0.2, -0.15) is 0 Å². The number of aliphatic hydroxyl groups excluding tert-OH is 1. The van der Waals surface area contributed by atoms with E-state index < -0.39 is 0 Å². The average Bonchev–Trinajstić information content (AvgIpc) is 2.99. The Morgan fingerprint density at radius 2 is 2.44 bits per heavy atom. The van der Waals surface area contributed by atoms with Crippen LogP contribution in [0.1, 0.15) is 30.0 Å². The molecule has 1 atom stereocenters. The summed E-state index contributed by atoms with van der Waals surface area (Å²) in [6.07, 6.45) is 4.43. The van der Waals surface area contributed by atoms with Gasteiger partial charge in [0.2, 0.25) is 0 Å². The van der Waals surface area contributed by atoms with Gasteiger partial charge in [0, 0.05) is 25.0 Å². The van der Waals surface area contributed by atoms with Crippen LogP contribution in [0.5, 0.6) is 0 Å². The molecule has 5 heteroatoms. The second kappa shape index (κ2) is 7.43. The Balaban J connectivity index is 1.64. The molecule has 0 spiro atoms. The lowest BCUT2D eigenvalue weighted by molar-refractivity contribution is 0.250. The molecular formula is C13H21ClN2OS. The van der Waals surface area contributed by atoms with Crippen molar-refractivity contribution in [2.75, 3.05) is 26.2 Å². The van der Waals surface area contributed by atoms with Crippen LogP contribution in [0.4, 0.5) is 0 Å². The average molecular weight is 289 g/mol. The summed E-state index contributed by atoms with van der Waals surface area (Å²) in [5.74, 6) is 1.23. The zero-order chi connectivity index (χ0) is 12.8. The summed E-state index contributed by atoms with van der Waals surface area (Å²) in [6, 6.07) is 0. The number of likely N-dealkylation sites (tertiary alicyclic amines) is 1. The van der Waals surface area contributed by atoms with Crippen LogP contribution in [0.3, 0.4) is 0 Å². The van der Waals surface area contributed by atoms with Crippen molar-refractivity contribution in [1.29, 1.82) is 0 Å². The molecule has 0 aromatic carbocycles. The lowest BCUT2D eigenvalue weighted by Crippen LogP contribution is -2.22. The Bertz CT molecular complexity index is 359. The minimum atomic E-state index is 0.332. The van der Waals surface area contributed by atoms with Gasteiger partial charge in [-0.1, -0.05) is 0 Å². The first-order valence-corrected chi connectivity index (χ1v) is 8.05. The summed E-state index contributed by atoms with van der Waals surface area (Å²) < 4.78 is 0. The highest BCUT2D eigenvalue weighted by atomic mass is 35.5. The van der Waals surface area contributed by atoms with Crippen molar-refractivity contribution >= 4 is 22.9 Å². The second-order valence-corrected chi connectivity index (χ2v) is 6.15. The number of thiazole rings is 1. The van der Waals surface area contributed by atoms with E-state index in [4.69, 9.17) is 16.7 Å². The summed E-state index contributed by atoms with van der Waals surface area (Å²) in [5.41, 5.74) is 1.00. The van der Waals surface area contributed by atoms with Crippen LogP contribution >= 0.6 is 22.9 Å². The van der Waals surface area contributed by atoms with Gasteiger partial charge < -0.3 is 10.0 Å². The SMILES string of the molecule is OCCC1CCN(CCCc2nc(CCl)cs2)C1. The van der Waals surface area contributed by atoms with E-state index >= 15 is 0 Å². The van der Waals surface area contributed by atoms with Gasteiger partial charge in [-0.05, 0) is 38.3 Å². The largest absolute Gasteiger partial charge is 0.396 e. The third-order valence-electron chi connectivity index (χ3n) is 3.51. The molecule has 1 unspecified atom stereocenters. The number of aromatic nitrogens is 1. The van der Waals surface area contributed by atoms with E-state index in [9.17, 15) is 0 Å². The predicted octanol–water partition coefficient (Wildman–Crippen LogP) is 2.52. The summed E-state index contributed by atoms with van der Waals surface area (Å²) in [6.45, 7) is 3.83. The molecule has 18 heavy (non-hydrogen) atoms. The Labute approximate surface area is 118 Å².